The van der Waals surface area contributed by atoms with E-state index in [1.54, 1.807) is 42.5 Å². The van der Waals surface area contributed by atoms with Crippen molar-refractivity contribution >= 4 is 62.1 Å². The van der Waals surface area contributed by atoms with E-state index in [9.17, 15) is 14.7 Å². The lowest BCUT2D eigenvalue weighted by Crippen LogP contribution is -2.44. The van der Waals surface area contributed by atoms with E-state index in [1.807, 2.05) is 0 Å². The molecule has 0 saturated carbocycles. The number of halogens is 1. The Labute approximate surface area is 173 Å². The number of amides is 2. The van der Waals surface area contributed by atoms with Gasteiger partial charge in [-0.05, 0) is 60.3 Å². The minimum absolute atomic E-state index is 0.00367. The van der Waals surface area contributed by atoms with Crippen LogP contribution in [0, 0.1) is 0 Å². The summed E-state index contributed by atoms with van der Waals surface area (Å²) in [5.74, 6) is -0.569. The number of aromatic hydroxyl groups is 1. The van der Waals surface area contributed by atoms with E-state index in [0.717, 1.165) is 21.2 Å². The molecule has 0 bridgehead atoms. The lowest BCUT2D eigenvalue weighted by atomic mass is 10.2. The fourth-order valence-corrected chi connectivity index (χ4v) is 3.71. The number of phenolic OH excluding ortho intramolecular Hbond substituents is 1. The van der Waals surface area contributed by atoms with Crippen LogP contribution in [0.4, 0.5) is 0 Å². The second-order valence-electron chi connectivity index (χ2n) is 5.40. The molecule has 0 spiro atoms. The second-order valence-corrected chi connectivity index (χ2v) is 7.99. The van der Waals surface area contributed by atoms with Crippen LogP contribution < -0.4 is 10.2 Å². The highest BCUT2D eigenvalue weighted by molar-refractivity contribution is 9.10. The number of hydrazine groups is 1. The van der Waals surface area contributed by atoms with Crippen LogP contribution in [0.3, 0.4) is 0 Å². The molecule has 1 aliphatic rings. The second kappa shape index (κ2) is 8.12. The van der Waals surface area contributed by atoms with Gasteiger partial charge in [0.05, 0.1) is 12.0 Å². The van der Waals surface area contributed by atoms with Gasteiger partial charge in [-0.1, -0.05) is 33.8 Å². The first-order chi connectivity index (χ1) is 12.9. The zero-order chi connectivity index (χ0) is 19.6. The molecule has 138 valence electrons. The first-order valence-corrected chi connectivity index (χ1v) is 9.62. The van der Waals surface area contributed by atoms with Crippen LogP contribution in [0.5, 0.6) is 11.5 Å². The van der Waals surface area contributed by atoms with Gasteiger partial charge in [0.15, 0.2) is 15.8 Å². The summed E-state index contributed by atoms with van der Waals surface area (Å²) in [5, 5.41) is 10.7. The zero-order valence-electron chi connectivity index (χ0n) is 13.9. The highest BCUT2D eigenvalue weighted by Gasteiger charge is 2.33. The molecule has 2 N–H and O–H groups in total. The molecule has 1 heterocycles. The summed E-state index contributed by atoms with van der Waals surface area (Å²) in [6.07, 6.45) is 1.62. The lowest BCUT2D eigenvalue weighted by molar-refractivity contribution is -0.123. The number of hydrogen-bond acceptors (Lipinski definition) is 6. The largest absolute Gasteiger partial charge is 0.504 e. The number of rotatable bonds is 4. The van der Waals surface area contributed by atoms with Gasteiger partial charge in [-0.25, -0.2) is 0 Å². The van der Waals surface area contributed by atoms with Crippen molar-refractivity contribution in [3.8, 4) is 11.5 Å². The van der Waals surface area contributed by atoms with E-state index in [1.165, 1.54) is 13.2 Å². The Bertz CT molecular complexity index is 960. The molecule has 0 aromatic heterocycles. The Morgan fingerprint density at radius 3 is 2.67 bits per heavy atom. The molecule has 9 heteroatoms. The van der Waals surface area contributed by atoms with Crippen molar-refractivity contribution in [2.75, 3.05) is 7.11 Å². The van der Waals surface area contributed by atoms with Crippen molar-refractivity contribution in [3.63, 3.8) is 0 Å². The number of carbonyl (C=O) groups excluding carboxylic acids is 2. The number of phenols is 1. The van der Waals surface area contributed by atoms with Gasteiger partial charge in [-0.3, -0.25) is 15.0 Å². The Morgan fingerprint density at radius 2 is 2.00 bits per heavy atom. The fourth-order valence-electron chi connectivity index (χ4n) is 2.27. The van der Waals surface area contributed by atoms with Gasteiger partial charge in [0.25, 0.3) is 11.8 Å². The summed E-state index contributed by atoms with van der Waals surface area (Å²) >= 11 is 9.59. The third kappa shape index (κ3) is 4.32. The molecule has 0 atom stereocenters. The van der Waals surface area contributed by atoms with Gasteiger partial charge in [0.1, 0.15) is 0 Å². The number of ether oxygens (including phenoxy) is 1. The van der Waals surface area contributed by atoms with Crippen LogP contribution >= 0.6 is 39.9 Å². The van der Waals surface area contributed by atoms with Crippen molar-refractivity contribution in [3.05, 3.63) is 63.0 Å². The minimum atomic E-state index is -0.439. The molecule has 0 radical (unpaired) electrons. The molecule has 1 saturated heterocycles. The summed E-state index contributed by atoms with van der Waals surface area (Å²) in [4.78, 5) is 25.3. The topological polar surface area (TPSA) is 78.9 Å². The molecule has 2 aromatic carbocycles. The number of methoxy groups -OCH3 is 1. The molecule has 1 aliphatic heterocycles. The Hall–Kier alpha value is -2.36. The van der Waals surface area contributed by atoms with Crippen LogP contribution in [-0.4, -0.2) is 33.4 Å². The maximum atomic E-state index is 12.6. The fraction of sp³-hybridized carbons (Fsp3) is 0.0556. The maximum Gasteiger partial charge on any atom is 0.285 e. The number of nitrogens with one attached hydrogen (secondary N) is 1. The Kier molecular flexibility index (Phi) is 5.83. The highest BCUT2D eigenvalue weighted by atomic mass is 79.9. The smallest absolute Gasteiger partial charge is 0.285 e. The molecule has 1 fully saturated rings. The molecule has 6 nitrogen and oxygen atoms in total. The number of thioether (sulfide) groups is 1. The molecule has 0 unspecified atom stereocenters. The van der Waals surface area contributed by atoms with Crippen molar-refractivity contribution in [2.45, 2.75) is 0 Å². The first kappa shape index (κ1) is 19.4. The normalized spacial score (nSPS) is 15.3. The Morgan fingerprint density at radius 1 is 1.30 bits per heavy atom. The summed E-state index contributed by atoms with van der Waals surface area (Å²) in [5.41, 5.74) is 3.58. The van der Waals surface area contributed by atoms with Gasteiger partial charge in [0.2, 0.25) is 0 Å². The van der Waals surface area contributed by atoms with Crippen LogP contribution in [0.25, 0.3) is 6.08 Å². The van der Waals surface area contributed by atoms with Crippen LogP contribution in [0.2, 0.25) is 0 Å². The minimum Gasteiger partial charge on any atom is -0.504 e. The average molecular weight is 465 g/mol. The predicted octanol–water partition coefficient (Wildman–Crippen LogP) is 3.71. The molecule has 3 rings (SSSR count). The third-order valence-electron chi connectivity index (χ3n) is 3.62. The highest BCUT2D eigenvalue weighted by Crippen LogP contribution is 2.33. The quantitative estimate of drug-likeness (QED) is 0.530. The van der Waals surface area contributed by atoms with E-state index < -0.39 is 11.8 Å². The number of carbonyl (C=O) groups is 2. The van der Waals surface area contributed by atoms with Crippen molar-refractivity contribution in [1.82, 2.24) is 10.4 Å². The van der Waals surface area contributed by atoms with E-state index in [2.05, 4.69) is 21.4 Å². The van der Waals surface area contributed by atoms with E-state index >= 15 is 0 Å². The molecule has 2 amide bonds. The summed E-state index contributed by atoms with van der Waals surface area (Å²) < 4.78 is 6.13. The van der Waals surface area contributed by atoms with Crippen LogP contribution in [0.1, 0.15) is 15.9 Å². The SMILES string of the molecule is COc1cc(C=C2SC(=S)N(NC(=O)c3ccc(Br)cc3)C2=O)ccc1O. The average Bonchev–Trinajstić information content (AvgIpc) is 2.91. The van der Waals surface area contributed by atoms with Crippen molar-refractivity contribution < 1.29 is 19.4 Å². The summed E-state index contributed by atoms with van der Waals surface area (Å²) in [7, 11) is 1.44. The van der Waals surface area contributed by atoms with Gasteiger partial charge in [-0.15, -0.1) is 0 Å². The number of thiocarbonyl (C=S) groups is 1. The molecular formula is C18H13BrN2O4S2. The van der Waals surface area contributed by atoms with Gasteiger partial charge in [0, 0.05) is 10.0 Å². The molecule has 2 aromatic rings. The first-order valence-electron chi connectivity index (χ1n) is 7.60. The number of nitrogens with zero attached hydrogens (tertiary/aromatic N) is 1. The standard InChI is InChI=1S/C18H13BrN2O4S2/c1-25-14-8-10(2-7-13(14)22)9-15-17(24)21(18(26)27-15)20-16(23)11-3-5-12(19)6-4-11/h2-9,22H,1H3,(H,20,23). The predicted molar refractivity (Wildman–Crippen MR) is 111 cm³/mol. The van der Waals surface area contributed by atoms with E-state index in [0.29, 0.717) is 21.8 Å². The summed E-state index contributed by atoms with van der Waals surface area (Å²) in [6, 6.07) is 11.5. The van der Waals surface area contributed by atoms with Gasteiger partial charge >= 0.3 is 0 Å². The number of hydrogen-bond donors (Lipinski definition) is 2. The maximum absolute atomic E-state index is 12.6. The summed E-state index contributed by atoms with van der Waals surface area (Å²) in [6.45, 7) is 0. The third-order valence-corrected chi connectivity index (χ3v) is 5.45. The zero-order valence-corrected chi connectivity index (χ0v) is 17.2. The van der Waals surface area contributed by atoms with Gasteiger partial charge < -0.3 is 9.84 Å². The van der Waals surface area contributed by atoms with E-state index in [-0.39, 0.29) is 10.1 Å². The monoisotopic (exact) mass is 464 g/mol. The van der Waals surface area contributed by atoms with Crippen molar-refractivity contribution in [2.24, 2.45) is 0 Å². The molecule has 0 aliphatic carbocycles. The van der Waals surface area contributed by atoms with Crippen LogP contribution in [-0.2, 0) is 4.79 Å². The van der Waals surface area contributed by atoms with Crippen LogP contribution in [0.15, 0.2) is 51.8 Å². The van der Waals surface area contributed by atoms with Gasteiger partial charge in [-0.2, -0.15) is 5.01 Å². The molecular weight excluding hydrogens is 452 g/mol. The van der Waals surface area contributed by atoms with Crippen molar-refractivity contribution in [1.29, 1.82) is 0 Å². The molecule has 27 heavy (non-hydrogen) atoms. The Balaban J connectivity index is 1.78. The lowest BCUT2D eigenvalue weighted by Gasteiger charge is -2.15. The number of benzene rings is 2. The van der Waals surface area contributed by atoms with E-state index in [4.69, 9.17) is 17.0 Å².